The molecule has 2 unspecified atom stereocenters. The largest absolute Gasteiger partial charge is 0.393 e. The predicted molar refractivity (Wildman–Crippen MR) is 89.3 cm³/mol. The summed E-state index contributed by atoms with van der Waals surface area (Å²) in [6, 6.07) is 4.08. The first kappa shape index (κ1) is 16.9. The zero-order valence-electron chi connectivity index (χ0n) is 12.6. The Kier molecular flexibility index (Phi) is 6.22. The van der Waals surface area contributed by atoms with Crippen LogP contribution in [0.15, 0.2) is 15.9 Å². The van der Waals surface area contributed by atoms with Crippen LogP contribution in [0.25, 0.3) is 0 Å². The van der Waals surface area contributed by atoms with Gasteiger partial charge in [-0.1, -0.05) is 6.92 Å². The first-order valence-electron chi connectivity index (χ1n) is 7.42. The molecule has 118 valence electrons. The van der Waals surface area contributed by atoms with Gasteiger partial charge in [0.2, 0.25) is 5.91 Å². The van der Waals surface area contributed by atoms with Gasteiger partial charge in [-0.2, -0.15) is 0 Å². The molecule has 6 heteroatoms. The number of halogens is 1. The standard InChI is InChI=1S/C15H23BrN2O2S/c1-3-18(9-12-4-5-14(16)21-12)15(20)10-17-7-6-13(19)11(2)8-17/h4-5,11,13,19H,3,6-10H2,1-2H3. The first-order valence-corrected chi connectivity index (χ1v) is 9.03. The number of carbonyl (C=O) groups excluding carboxylic acids is 1. The summed E-state index contributed by atoms with van der Waals surface area (Å²) >= 11 is 5.13. The summed E-state index contributed by atoms with van der Waals surface area (Å²) in [7, 11) is 0. The van der Waals surface area contributed by atoms with Gasteiger partial charge in [0.1, 0.15) is 0 Å². The van der Waals surface area contributed by atoms with Crippen LogP contribution in [0.3, 0.4) is 0 Å². The molecule has 1 aliphatic heterocycles. The van der Waals surface area contributed by atoms with E-state index in [9.17, 15) is 9.90 Å². The summed E-state index contributed by atoms with van der Waals surface area (Å²) < 4.78 is 1.10. The van der Waals surface area contributed by atoms with Crippen molar-refractivity contribution in [3.63, 3.8) is 0 Å². The van der Waals surface area contributed by atoms with E-state index < -0.39 is 0 Å². The molecule has 0 saturated carbocycles. The minimum atomic E-state index is -0.220. The third kappa shape index (κ3) is 4.77. The molecule has 2 rings (SSSR count). The highest BCUT2D eigenvalue weighted by Crippen LogP contribution is 2.23. The van der Waals surface area contributed by atoms with Gasteiger partial charge in [0.15, 0.2) is 0 Å². The van der Waals surface area contributed by atoms with Gasteiger partial charge in [-0.25, -0.2) is 0 Å². The van der Waals surface area contributed by atoms with Crippen LogP contribution >= 0.6 is 27.3 Å². The average molecular weight is 375 g/mol. The zero-order chi connectivity index (χ0) is 15.4. The number of hydrogen-bond donors (Lipinski definition) is 1. The van der Waals surface area contributed by atoms with Crippen molar-refractivity contribution >= 4 is 33.2 Å². The molecule has 0 radical (unpaired) electrons. The van der Waals surface area contributed by atoms with E-state index in [2.05, 4.69) is 26.9 Å². The van der Waals surface area contributed by atoms with Crippen LogP contribution in [0.2, 0.25) is 0 Å². The van der Waals surface area contributed by atoms with E-state index in [0.717, 1.165) is 29.8 Å². The van der Waals surface area contributed by atoms with Crippen molar-refractivity contribution < 1.29 is 9.90 Å². The van der Waals surface area contributed by atoms with Gasteiger partial charge in [0, 0.05) is 24.5 Å². The SMILES string of the molecule is CCN(Cc1ccc(Br)s1)C(=O)CN1CCC(O)C(C)C1. The van der Waals surface area contributed by atoms with E-state index >= 15 is 0 Å². The fourth-order valence-corrected chi connectivity index (χ4v) is 4.15. The molecule has 1 N–H and O–H groups in total. The molecule has 0 spiro atoms. The van der Waals surface area contributed by atoms with E-state index in [1.54, 1.807) is 11.3 Å². The Morgan fingerprint density at radius 1 is 1.57 bits per heavy atom. The molecule has 2 atom stereocenters. The minimum absolute atomic E-state index is 0.172. The van der Waals surface area contributed by atoms with Gasteiger partial charge < -0.3 is 10.0 Å². The Morgan fingerprint density at radius 3 is 2.90 bits per heavy atom. The van der Waals surface area contributed by atoms with Crippen LogP contribution in [0.4, 0.5) is 0 Å². The van der Waals surface area contributed by atoms with Gasteiger partial charge in [0.25, 0.3) is 0 Å². The summed E-state index contributed by atoms with van der Waals surface area (Å²) in [4.78, 5) is 17.7. The van der Waals surface area contributed by atoms with E-state index in [0.29, 0.717) is 13.1 Å². The Bertz CT molecular complexity index is 480. The molecule has 0 aromatic carbocycles. The fraction of sp³-hybridized carbons (Fsp3) is 0.667. The van der Waals surface area contributed by atoms with Crippen LogP contribution in [0.1, 0.15) is 25.1 Å². The lowest BCUT2D eigenvalue weighted by Gasteiger charge is -2.35. The lowest BCUT2D eigenvalue weighted by Crippen LogP contribution is -2.47. The Labute approximate surface area is 138 Å². The molecule has 21 heavy (non-hydrogen) atoms. The van der Waals surface area contributed by atoms with Gasteiger partial charge in [-0.15, -0.1) is 11.3 Å². The highest BCUT2D eigenvalue weighted by atomic mass is 79.9. The molecule has 1 fully saturated rings. The average Bonchev–Trinajstić information content (AvgIpc) is 2.85. The summed E-state index contributed by atoms with van der Waals surface area (Å²) in [5.41, 5.74) is 0. The van der Waals surface area contributed by atoms with Gasteiger partial charge in [0.05, 0.1) is 23.0 Å². The summed E-state index contributed by atoms with van der Waals surface area (Å²) in [6.45, 7) is 7.52. The lowest BCUT2D eigenvalue weighted by atomic mass is 9.97. The molecular formula is C15H23BrN2O2S. The minimum Gasteiger partial charge on any atom is -0.393 e. The predicted octanol–water partition coefficient (Wildman–Crippen LogP) is 2.56. The topological polar surface area (TPSA) is 43.8 Å². The fourth-order valence-electron chi connectivity index (χ4n) is 2.66. The molecule has 1 aliphatic rings. The van der Waals surface area contributed by atoms with E-state index in [1.165, 1.54) is 4.88 Å². The number of nitrogens with zero attached hydrogens (tertiary/aromatic N) is 2. The highest BCUT2D eigenvalue weighted by Gasteiger charge is 2.26. The number of likely N-dealkylation sites (tertiary alicyclic amines) is 1. The lowest BCUT2D eigenvalue weighted by molar-refractivity contribution is -0.133. The van der Waals surface area contributed by atoms with Crippen molar-refractivity contribution in [3.8, 4) is 0 Å². The molecular weight excluding hydrogens is 352 g/mol. The maximum atomic E-state index is 12.5. The van der Waals surface area contributed by atoms with E-state index in [4.69, 9.17) is 0 Å². The second-order valence-electron chi connectivity index (χ2n) is 5.68. The highest BCUT2D eigenvalue weighted by molar-refractivity contribution is 9.11. The Hall–Kier alpha value is -0.430. The van der Waals surface area contributed by atoms with Gasteiger partial charge in [-0.3, -0.25) is 9.69 Å². The zero-order valence-corrected chi connectivity index (χ0v) is 15.0. The molecule has 0 bridgehead atoms. The molecule has 1 aromatic heterocycles. The number of carbonyl (C=O) groups is 1. The van der Waals surface area contributed by atoms with Crippen molar-refractivity contribution in [1.29, 1.82) is 0 Å². The van der Waals surface area contributed by atoms with Gasteiger partial charge in [-0.05, 0) is 47.3 Å². The van der Waals surface area contributed by atoms with Crippen molar-refractivity contribution in [2.45, 2.75) is 32.9 Å². The Morgan fingerprint density at radius 2 is 2.33 bits per heavy atom. The van der Waals surface area contributed by atoms with Crippen molar-refractivity contribution in [2.75, 3.05) is 26.2 Å². The number of amides is 1. The van der Waals surface area contributed by atoms with E-state index in [1.807, 2.05) is 24.8 Å². The Balaban J connectivity index is 1.88. The van der Waals surface area contributed by atoms with Gasteiger partial charge >= 0.3 is 0 Å². The van der Waals surface area contributed by atoms with Crippen molar-refractivity contribution in [2.24, 2.45) is 5.92 Å². The number of likely N-dealkylation sites (N-methyl/N-ethyl adjacent to an activating group) is 1. The summed E-state index contributed by atoms with van der Waals surface area (Å²) in [5, 5.41) is 9.76. The van der Waals surface area contributed by atoms with Crippen LogP contribution in [-0.2, 0) is 11.3 Å². The first-order chi connectivity index (χ1) is 9.99. The van der Waals surface area contributed by atoms with E-state index in [-0.39, 0.29) is 17.9 Å². The second kappa shape index (κ2) is 7.72. The van der Waals surface area contributed by atoms with Crippen LogP contribution in [0, 0.1) is 5.92 Å². The number of piperidine rings is 1. The van der Waals surface area contributed by atoms with Crippen molar-refractivity contribution in [1.82, 2.24) is 9.80 Å². The molecule has 1 saturated heterocycles. The summed E-state index contributed by atoms with van der Waals surface area (Å²) in [5.74, 6) is 0.417. The quantitative estimate of drug-likeness (QED) is 0.860. The molecule has 1 aromatic rings. The molecule has 0 aliphatic carbocycles. The smallest absolute Gasteiger partial charge is 0.237 e. The monoisotopic (exact) mass is 374 g/mol. The normalized spacial score (nSPS) is 23.2. The third-order valence-corrected chi connectivity index (χ3v) is 5.62. The summed E-state index contributed by atoms with van der Waals surface area (Å²) in [6.07, 6.45) is 0.542. The maximum Gasteiger partial charge on any atom is 0.237 e. The number of rotatable bonds is 5. The maximum absolute atomic E-state index is 12.5. The second-order valence-corrected chi connectivity index (χ2v) is 8.23. The van der Waals surface area contributed by atoms with Crippen LogP contribution < -0.4 is 0 Å². The number of hydrogen-bond acceptors (Lipinski definition) is 4. The molecule has 2 heterocycles. The van der Waals surface area contributed by atoms with Crippen LogP contribution in [0.5, 0.6) is 0 Å². The van der Waals surface area contributed by atoms with Crippen molar-refractivity contribution in [3.05, 3.63) is 20.8 Å². The number of aliphatic hydroxyl groups excluding tert-OH is 1. The third-order valence-electron chi connectivity index (χ3n) is 4.01. The molecule has 1 amide bonds. The molecule has 4 nitrogen and oxygen atoms in total. The number of thiophene rings is 1. The van der Waals surface area contributed by atoms with Crippen LogP contribution in [-0.4, -0.2) is 53.1 Å². The number of aliphatic hydroxyl groups is 1.